The second-order valence-corrected chi connectivity index (χ2v) is 15.4. The summed E-state index contributed by atoms with van der Waals surface area (Å²) in [6.45, 7) is 4.74. The van der Waals surface area contributed by atoms with Crippen LogP contribution in [0.1, 0.15) is 25.0 Å². The van der Waals surface area contributed by atoms with E-state index < -0.39 is 0 Å². The van der Waals surface area contributed by atoms with Gasteiger partial charge in [-0.1, -0.05) is 135 Å². The predicted molar refractivity (Wildman–Crippen MR) is 233 cm³/mol. The largest absolute Gasteiger partial charge is 0.310 e. The molecule has 0 bridgehead atoms. The molecule has 2 nitrogen and oxygen atoms in total. The monoisotopic (exact) mass is 702 g/mol. The summed E-state index contributed by atoms with van der Waals surface area (Å²) in [5.74, 6) is 0. The van der Waals surface area contributed by atoms with Gasteiger partial charge in [-0.25, -0.2) is 0 Å². The molecule has 55 heavy (non-hydrogen) atoms. The first kappa shape index (κ1) is 31.6. The summed E-state index contributed by atoms with van der Waals surface area (Å²) >= 11 is 0. The van der Waals surface area contributed by atoms with E-state index >= 15 is 0 Å². The summed E-state index contributed by atoms with van der Waals surface area (Å²) in [4.78, 5) is 4.83. The van der Waals surface area contributed by atoms with E-state index in [0.717, 1.165) is 34.1 Å². The molecule has 2 aliphatic rings. The van der Waals surface area contributed by atoms with Gasteiger partial charge in [-0.3, -0.25) is 0 Å². The van der Waals surface area contributed by atoms with Gasteiger partial charge < -0.3 is 9.80 Å². The first-order valence-electron chi connectivity index (χ1n) is 19.2. The van der Waals surface area contributed by atoms with E-state index in [2.05, 4.69) is 218 Å². The Labute approximate surface area is 322 Å². The number of hydrogen-bond acceptors (Lipinski definition) is 2. The van der Waals surface area contributed by atoms with Crippen molar-refractivity contribution in [2.75, 3.05) is 9.80 Å². The quantitative estimate of drug-likeness (QED) is 0.180. The molecule has 0 N–H and O–H groups in total. The van der Waals surface area contributed by atoms with Gasteiger partial charge in [-0.15, -0.1) is 0 Å². The molecule has 0 spiro atoms. The molecule has 0 unspecified atom stereocenters. The van der Waals surface area contributed by atoms with Gasteiger partial charge in [0.25, 0.3) is 0 Å². The van der Waals surface area contributed by atoms with Crippen LogP contribution in [0, 0.1) is 0 Å². The van der Waals surface area contributed by atoms with E-state index in [1.54, 1.807) is 0 Å². The van der Waals surface area contributed by atoms with Crippen molar-refractivity contribution >= 4 is 55.7 Å². The van der Waals surface area contributed by atoms with Gasteiger partial charge >= 0.3 is 0 Å². The van der Waals surface area contributed by atoms with E-state index in [4.69, 9.17) is 0 Å². The van der Waals surface area contributed by atoms with Crippen molar-refractivity contribution in [2.45, 2.75) is 19.3 Å². The van der Waals surface area contributed by atoms with Gasteiger partial charge in [0.15, 0.2) is 0 Å². The molecule has 0 fully saturated rings. The summed E-state index contributed by atoms with van der Waals surface area (Å²) in [5.41, 5.74) is 17.1. The molecule has 0 radical (unpaired) electrons. The minimum Gasteiger partial charge on any atom is -0.310 e. The minimum absolute atomic E-state index is 0.133. The zero-order valence-electron chi connectivity index (χ0n) is 30.9. The highest BCUT2D eigenvalue weighted by Crippen LogP contribution is 2.53. The van der Waals surface area contributed by atoms with Crippen molar-refractivity contribution in [1.29, 1.82) is 0 Å². The van der Waals surface area contributed by atoms with Crippen molar-refractivity contribution in [3.05, 3.63) is 205 Å². The van der Waals surface area contributed by atoms with E-state index in [9.17, 15) is 0 Å². The molecule has 2 heteroatoms. The second kappa shape index (κ2) is 12.1. The highest BCUT2D eigenvalue weighted by Gasteiger charge is 2.36. The van der Waals surface area contributed by atoms with Crippen LogP contribution in [-0.2, 0) is 5.41 Å². The maximum absolute atomic E-state index is 2.44. The number of fused-ring (bicyclic) bond motifs is 8. The Bertz CT molecular complexity index is 2880. The zero-order chi connectivity index (χ0) is 36.7. The van der Waals surface area contributed by atoms with Crippen LogP contribution in [0.2, 0.25) is 0 Å². The summed E-state index contributed by atoms with van der Waals surface area (Å²) in [6.07, 6.45) is 0. The van der Waals surface area contributed by atoms with Gasteiger partial charge in [0.1, 0.15) is 0 Å². The number of hydrogen-bond donors (Lipinski definition) is 0. The molecule has 11 rings (SSSR count). The number of anilines is 6. The maximum atomic E-state index is 2.44. The lowest BCUT2D eigenvalue weighted by atomic mass is 9.81. The fraction of sp³-hybridized carbons (Fsp3) is 0.0566. The van der Waals surface area contributed by atoms with Gasteiger partial charge in [0, 0.05) is 39.3 Å². The molecule has 0 saturated carbocycles. The van der Waals surface area contributed by atoms with Crippen LogP contribution < -0.4 is 9.80 Å². The van der Waals surface area contributed by atoms with Gasteiger partial charge in [0.2, 0.25) is 0 Å². The van der Waals surface area contributed by atoms with E-state index in [1.165, 1.54) is 66.1 Å². The van der Waals surface area contributed by atoms with Crippen molar-refractivity contribution in [1.82, 2.24) is 0 Å². The Hall–Kier alpha value is -6.90. The third-order valence-corrected chi connectivity index (χ3v) is 11.9. The lowest BCUT2D eigenvalue weighted by Gasteiger charge is -2.33. The number of para-hydroxylation sites is 3. The molecule has 260 valence electrons. The van der Waals surface area contributed by atoms with Crippen LogP contribution in [0.5, 0.6) is 0 Å². The molecule has 1 aliphatic heterocycles. The molecule has 0 amide bonds. The zero-order valence-corrected chi connectivity index (χ0v) is 30.9. The fourth-order valence-electron chi connectivity index (χ4n) is 9.31. The Morgan fingerprint density at radius 1 is 0.364 bits per heavy atom. The third kappa shape index (κ3) is 4.81. The van der Waals surface area contributed by atoms with Crippen molar-refractivity contribution in [3.63, 3.8) is 0 Å². The first-order valence-corrected chi connectivity index (χ1v) is 19.2. The second-order valence-electron chi connectivity index (χ2n) is 15.4. The van der Waals surface area contributed by atoms with Crippen LogP contribution in [0.15, 0.2) is 194 Å². The molecule has 0 saturated heterocycles. The SMILES string of the molecule is CC1(C)c2cc(N(c3ccccc3)c3ccc(N4c5ccccc5-c5cccc6cccc(c56)-c5ccccc54)cc3)ccc2-c2cc3ccccc3cc21. The summed E-state index contributed by atoms with van der Waals surface area (Å²) < 4.78 is 0. The molecule has 9 aromatic rings. The van der Waals surface area contributed by atoms with Crippen LogP contribution in [0.25, 0.3) is 54.9 Å². The van der Waals surface area contributed by atoms with Gasteiger partial charge in [-0.2, -0.15) is 0 Å². The Morgan fingerprint density at radius 3 is 1.55 bits per heavy atom. The fourth-order valence-corrected chi connectivity index (χ4v) is 9.31. The average Bonchev–Trinajstić information content (AvgIpc) is 3.45. The molecule has 0 aromatic heterocycles. The number of nitrogens with zero attached hydrogens (tertiary/aromatic N) is 2. The van der Waals surface area contributed by atoms with Crippen molar-refractivity contribution in [3.8, 4) is 33.4 Å². The van der Waals surface area contributed by atoms with Gasteiger partial charge in [0.05, 0.1) is 11.4 Å². The van der Waals surface area contributed by atoms with Crippen LogP contribution >= 0.6 is 0 Å². The summed E-state index contributed by atoms with van der Waals surface area (Å²) in [6, 6.07) is 71.5. The molecular formula is C53H38N2. The minimum atomic E-state index is -0.133. The van der Waals surface area contributed by atoms with Gasteiger partial charge in [-0.05, 0) is 128 Å². The maximum Gasteiger partial charge on any atom is 0.0540 e. The third-order valence-electron chi connectivity index (χ3n) is 11.9. The lowest BCUT2D eigenvalue weighted by molar-refractivity contribution is 0.661. The lowest BCUT2D eigenvalue weighted by Crippen LogP contribution is -2.17. The highest BCUT2D eigenvalue weighted by atomic mass is 15.2. The molecule has 9 aromatic carbocycles. The van der Waals surface area contributed by atoms with E-state index in [-0.39, 0.29) is 5.41 Å². The van der Waals surface area contributed by atoms with Crippen molar-refractivity contribution in [2.24, 2.45) is 0 Å². The smallest absolute Gasteiger partial charge is 0.0540 e. The Kier molecular flexibility index (Phi) is 6.93. The molecule has 0 atom stereocenters. The first-order chi connectivity index (χ1) is 27.0. The standard InChI is InChI=1S/C53H38N2/c1-53(2)48-33-37-15-7-6-14-36(37)32-47(48)42-31-30-41(34-49(42)53)54(38-18-4-3-5-19-38)39-26-28-40(29-27-39)55-50-24-10-8-20-43(50)45-22-12-16-35-17-13-23-46(52(35)45)44-21-9-11-25-51(44)55/h3-34H,1-2H3. The number of rotatable bonds is 4. The van der Waals surface area contributed by atoms with Crippen LogP contribution in [0.4, 0.5) is 34.1 Å². The average molecular weight is 703 g/mol. The van der Waals surface area contributed by atoms with Crippen LogP contribution in [-0.4, -0.2) is 0 Å². The Balaban J connectivity index is 1.06. The highest BCUT2D eigenvalue weighted by molar-refractivity contribution is 6.12. The number of benzene rings is 9. The Morgan fingerprint density at radius 2 is 0.873 bits per heavy atom. The molecule has 1 aliphatic carbocycles. The topological polar surface area (TPSA) is 6.48 Å². The van der Waals surface area contributed by atoms with Crippen LogP contribution in [0.3, 0.4) is 0 Å². The van der Waals surface area contributed by atoms with E-state index in [1.807, 2.05) is 0 Å². The van der Waals surface area contributed by atoms with Crippen molar-refractivity contribution < 1.29 is 0 Å². The normalized spacial score (nSPS) is 13.4. The molecular weight excluding hydrogens is 665 g/mol. The summed E-state index contributed by atoms with van der Waals surface area (Å²) in [7, 11) is 0. The summed E-state index contributed by atoms with van der Waals surface area (Å²) in [5, 5.41) is 5.13. The van der Waals surface area contributed by atoms with E-state index in [0.29, 0.717) is 0 Å². The predicted octanol–water partition coefficient (Wildman–Crippen LogP) is 14.9. The molecule has 1 heterocycles.